The van der Waals surface area contributed by atoms with E-state index in [9.17, 15) is 24.3 Å². The van der Waals surface area contributed by atoms with Gasteiger partial charge in [-0.3, -0.25) is 24.5 Å². The molecule has 0 bridgehead atoms. The normalized spacial score (nSPS) is 22.8. The van der Waals surface area contributed by atoms with Crippen molar-refractivity contribution in [3.05, 3.63) is 58.7 Å². The quantitative estimate of drug-likeness (QED) is 0.603. The van der Waals surface area contributed by atoms with Crippen LogP contribution >= 0.6 is 23.5 Å². The molecule has 10 heteroatoms. The number of methoxy groups -OCH3 is 1. The maximum Gasteiger partial charge on any atom is 0.286 e. The summed E-state index contributed by atoms with van der Waals surface area (Å²) >= 11 is 2.10. The van der Waals surface area contributed by atoms with Gasteiger partial charge in [-0.2, -0.15) is 0 Å². The second-order valence-electron chi connectivity index (χ2n) is 7.47. The number of hydrogen-bond acceptors (Lipinski definition) is 8. The van der Waals surface area contributed by atoms with Crippen molar-refractivity contribution in [2.24, 2.45) is 5.73 Å². The Bertz CT molecular complexity index is 1120. The minimum Gasteiger partial charge on any atom is -0.507 e. The van der Waals surface area contributed by atoms with Gasteiger partial charge < -0.3 is 15.6 Å². The molecule has 3 atom stereocenters. The van der Waals surface area contributed by atoms with Gasteiger partial charge >= 0.3 is 0 Å². The lowest BCUT2D eigenvalue weighted by atomic mass is 9.83. The number of phenols is 1. The minimum atomic E-state index is -0.730. The number of nitrogens with one attached hydrogen (secondary N) is 1. The van der Waals surface area contributed by atoms with Gasteiger partial charge in [-0.25, -0.2) is 0 Å². The molecule has 2 aromatic carbocycles. The number of Topliss-reactive ketones (excluding diaryl/α,β-unsaturated/α-hetero) is 1. The lowest BCUT2D eigenvalue weighted by Gasteiger charge is -2.25. The van der Waals surface area contributed by atoms with Crippen molar-refractivity contribution in [2.75, 3.05) is 12.9 Å². The molecule has 0 saturated carbocycles. The Balaban J connectivity index is 1.74. The van der Waals surface area contributed by atoms with E-state index in [4.69, 9.17) is 10.5 Å². The smallest absolute Gasteiger partial charge is 0.286 e. The third kappa shape index (κ3) is 4.20. The Hall–Kier alpha value is -2.98. The van der Waals surface area contributed by atoms with Crippen molar-refractivity contribution >= 4 is 46.4 Å². The number of phenolic OH excluding ortho intramolecular Hbond substituents is 1. The van der Waals surface area contributed by atoms with Crippen molar-refractivity contribution in [2.45, 2.75) is 22.8 Å². The second-order valence-corrected chi connectivity index (χ2v) is 9.78. The highest BCUT2D eigenvalue weighted by Crippen LogP contribution is 2.44. The second kappa shape index (κ2) is 8.87. The molecule has 4 rings (SSSR count). The van der Waals surface area contributed by atoms with Crippen LogP contribution in [0.3, 0.4) is 0 Å². The van der Waals surface area contributed by atoms with E-state index < -0.39 is 22.3 Å². The van der Waals surface area contributed by atoms with Crippen LogP contribution in [0.15, 0.2) is 36.4 Å². The molecular formula is C22H20N2O6S2. The standard InChI is InChI=1S/C22H20N2O6S2/c1-30-12-7-13-17(19(20(23)27)31-9-15(26)18(13)14(25)8-12)11-4-2-10(3-5-11)6-16-21(28)24-22(29)32-16/h2-5,7-8,16-17,19,25H,6,9H2,1H3,(H2,23,27)(H,24,28,29). The van der Waals surface area contributed by atoms with Gasteiger partial charge in [-0.15, -0.1) is 11.8 Å². The minimum absolute atomic E-state index is 0.0110. The van der Waals surface area contributed by atoms with E-state index in [-0.39, 0.29) is 34.0 Å². The van der Waals surface area contributed by atoms with Gasteiger partial charge in [0.25, 0.3) is 5.24 Å². The molecule has 2 aromatic rings. The third-order valence-corrected chi connectivity index (χ3v) is 7.75. The van der Waals surface area contributed by atoms with E-state index in [2.05, 4.69) is 5.32 Å². The van der Waals surface area contributed by atoms with Crippen LogP contribution in [0, 0.1) is 0 Å². The van der Waals surface area contributed by atoms with E-state index in [1.54, 1.807) is 6.07 Å². The number of fused-ring (bicyclic) bond motifs is 1. The number of aromatic hydroxyl groups is 1. The zero-order valence-electron chi connectivity index (χ0n) is 17.0. The van der Waals surface area contributed by atoms with Gasteiger partial charge in [0.05, 0.1) is 28.9 Å². The van der Waals surface area contributed by atoms with E-state index in [1.807, 2.05) is 24.3 Å². The molecule has 8 nitrogen and oxygen atoms in total. The monoisotopic (exact) mass is 472 g/mol. The van der Waals surface area contributed by atoms with Crippen LogP contribution in [0.25, 0.3) is 0 Å². The van der Waals surface area contributed by atoms with Gasteiger partial charge in [0.1, 0.15) is 11.5 Å². The first kappa shape index (κ1) is 22.2. The number of imide groups is 1. The number of carbonyl (C=O) groups is 4. The van der Waals surface area contributed by atoms with Gasteiger partial charge in [-0.05, 0) is 29.2 Å². The molecule has 2 heterocycles. The maximum atomic E-state index is 12.7. The van der Waals surface area contributed by atoms with Gasteiger partial charge in [0, 0.05) is 12.0 Å². The Labute approximate surface area is 192 Å². The zero-order valence-corrected chi connectivity index (χ0v) is 18.6. The first-order chi connectivity index (χ1) is 15.3. The van der Waals surface area contributed by atoms with E-state index >= 15 is 0 Å². The highest BCUT2D eigenvalue weighted by Gasteiger charge is 2.38. The number of hydrogen-bond donors (Lipinski definition) is 3. The average molecular weight is 473 g/mol. The summed E-state index contributed by atoms with van der Waals surface area (Å²) in [6.45, 7) is 0. The summed E-state index contributed by atoms with van der Waals surface area (Å²) in [5, 5.41) is 11.2. The molecule has 1 saturated heterocycles. The maximum absolute atomic E-state index is 12.7. The van der Waals surface area contributed by atoms with Gasteiger partial charge in [0.15, 0.2) is 5.78 Å². The van der Waals surface area contributed by atoms with Crippen molar-refractivity contribution in [3.63, 3.8) is 0 Å². The number of ether oxygens (including phenoxy) is 1. The number of ketones is 1. The van der Waals surface area contributed by atoms with E-state index in [0.29, 0.717) is 17.7 Å². The molecule has 0 spiro atoms. The average Bonchev–Trinajstić information content (AvgIpc) is 2.98. The summed E-state index contributed by atoms with van der Waals surface area (Å²) in [5.41, 5.74) is 7.91. The molecule has 4 N–H and O–H groups in total. The summed E-state index contributed by atoms with van der Waals surface area (Å²) in [6.07, 6.45) is 0.380. The van der Waals surface area contributed by atoms with Crippen molar-refractivity contribution in [1.82, 2.24) is 5.32 Å². The Morgan fingerprint density at radius 2 is 1.94 bits per heavy atom. The number of thioether (sulfide) groups is 2. The number of rotatable bonds is 5. The summed E-state index contributed by atoms with van der Waals surface area (Å²) in [4.78, 5) is 48.3. The van der Waals surface area contributed by atoms with E-state index in [0.717, 1.165) is 34.7 Å². The number of primary amides is 1. The van der Waals surface area contributed by atoms with Gasteiger partial charge in [0.2, 0.25) is 11.8 Å². The number of benzene rings is 2. The predicted octanol–water partition coefficient (Wildman–Crippen LogP) is 2.21. The molecule has 2 aliphatic heterocycles. The SMILES string of the molecule is COc1cc(O)c2c(c1)C(c1ccc(CC3SC(=O)NC3=O)cc1)C(C(N)=O)SCC2=O. The predicted molar refractivity (Wildman–Crippen MR) is 121 cm³/mol. The molecular weight excluding hydrogens is 452 g/mol. The lowest BCUT2D eigenvalue weighted by molar-refractivity contribution is -0.119. The lowest BCUT2D eigenvalue weighted by Crippen LogP contribution is -2.32. The fraction of sp³-hybridized carbons (Fsp3) is 0.273. The summed E-state index contributed by atoms with van der Waals surface area (Å²) in [7, 11) is 1.45. The molecule has 0 aliphatic carbocycles. The molecule has 2 aliphatic rings. The first-order valence-electron chi connectivity index (χ1n) is 9.73. The molecule has 3 unspecified atom stereocenters. The highest BCUT2D eigenvalue weighted by atomic mass is 32.2. The summed E-state index contributed by atoms with van der Waals surface area (Å²) < 4.78 is 5.27. The fourth-order valence-electron chi connectivity index (χ4n) is 3.99. The summed E-state index contributed by atoms with van der Waals surface area (Å²) in [6, 6.07) is 10.3. The Morgan fingerprint density at radius 1 is 1.22 bits per heavy atom. The van der Waals surface area contributed by atoms with E-state index in [1.165, 1.54) is 13.2 Å². The van der Waals surface area contributed by atoms with Crippen LogP contribution in [0.1, 0.15) is 33.0 Å². The van der Waals surface area contributed by atoms with Crippen LogP contribution in [0.2, 0.25) is 0 Å². The van der Waals surface area contributed by atoms with Crippen LogP contribution in [-0.2, 0) is 16.0 Å². The van der Waals surface area contributed by atoms with Gasteiger partial charge in [-0.1, -0.05) is 36.0 Å². The largest absolute Gasteiger partial charge is 0.507 e. The number of nitrogens with two attached hydrogens (primary N) is 1. The molecule has 1 fully saturated rings. The first-order valence-corrected chi connectivity index (χ1v) is 11.7. The van der Waals surface area contributed by atoms with Crippen molar-refractivity contribution in [1.29, 1.82) is 0 Å². The van der Waals surface area contributed by atoms with Crippen molar-refractivity contribution < 1.29 is 29.0 Å². The van der Waals surface area contributed by atoms with Crippen LogP contribution in [0.4, 0.5) is 4.79 Å². The van der Waals surface area contributed by atoms with Crippen LogP contribution in [-0.4, -0.2) is 51.3 Å². The molecule has 3 amide bonds. The Kier molecular flexibility index (Phi) is 6.16. The Morgan fingerprint density at radius 3 is 2.53 bits per heavy atom. The van der Waals surface area contributed by atoms with Crippen LogP contribution in [0.5, 0.6) is 11.5 Å². The number of carbonyl (C=O) groups excluding carboxylic acids is 4. The van der Waals surface area contributed by atoms with Crippen molar-refractivity contribution in [3.8, 4) is 11.5 Å². The van der Waals surface area contributed by atoms with Crippen LogP contribution < -0.4 is 15.8 Å². The molecule has 0 radical (unpaired) electrons. The summed E-state index contributed by atoms with van der Waals surface area (Å²) in [5.74, 6) is -1.58. The molecule has 32 heavy (non-hydrogen) atoms. The fourth-order valence-corrected chi connectivity index (χ4v) is 5.98. The molecule has 0 aromatic heterocycles. The number of amides is 3. The topological polar surface area (TPSA) is 136 Å². The highest BCUT2D eigenvalue weighted by molar-refractivity contribution is 8.15. The molecule has 166 valence electrons. The zero-order chi connectivity index (χ0) is 23.0. The third-order valence-electron chi connectivity index (χ3n) is 5.48.